The summed E-state index contributed by atoms with van der Waals surface area (Å²) in [4.78, 5) is 0.219. The smallest absolute Gasteiger partial charge is 0.178 e. The molecule has 0 unspecified atom stereocenters. The molecule has 0 saturated carbocycles. The fourth-order valence-corrected chi connectivity index (χ4v) is 1.91. The highest BCUT2D eigenvalue weighted by molar-refractivity contribution is 7.91. The lowest BCUT2D eigenvalue weighted by molar-refractivity contribution is 0.597. The molecule has 0 saturated heterocycles. The quantitative estimate of drug-likeness (QED) is 0.771. The van der Waals surface area contributed by atoms with E-state index in [0.717, 1.165) is 0 Å². The van der Waals surface area contributed by atoms with Gasteiger partial charge in [-0.05, 0) is 18.2 Å². The average Bonchev–Trinajstić information content (AvgIpc) is 2.09. The van der Waals surface area contributed by atoms with E-state index < -0.39 is 9.84 Å². The van der Waals surface area contributed by atoms with E-state index in [1.807, 2.05) is 0 Å². The van der Waals surface area contributed by atoms with Crippen molar-refractivity contribution in [2.75, 3.05) is 11.5 Å². The molecule has 0 aliphatic rings. The zero-order valence-electron chi connectivity index (χ0n) is 7.12. The van der Waals surface area contributed by atoms with Gasteiger partial charge in [0.25, 0.3) is 0 Å². The molecule has 0 fully saturated rings. The fourth-order valence-electron chi connectivity index (χ4n) is 0.882. The van der Waals surface area contributed by atoms with E-state index in [4.69, 9.17) is 17.3 Å². The summed E-state index contributed by atoms with van der Waals surface area (Å²) in [5.74, 6) is 0.0636. The minimum absolute atomic E-state index is 0.0636. The van der Waals surface area contributed by atoms with Gasteiger partial charge in [0.15, 0.2) is 9.84 Å². The molecule has 0 aliphatic carbocycles. The van der Waals surface area contributed by atoms with Crippen molar-refractivity contribution in [3.63, 3.8) is 0 Å². The number of nitrogen functional groups attached to an aromatic ring is 1. The number of nitrogens with two attached hydrogens (primary N) is 1. The largest absolute Gasteiger partial charge is 0.397 e. The molecule has 1 aromatic carbocycles. The molecule has 5 heteroatoms. The Morgan fingerprint density at radius 2 is 2.08 bits per heavy atom. The molecule has 2 N–H and O–H groups in total. The Bertz CT molecular complexity index is 414. The van der Waals surface area contributed by atoms with Crippen LogP contribution in [0.3, 0.4) is 0 Å². The van der Waals surface area contributed by atoms with Gasteiger partial charge in [-0.15, -0.1) is 0 Å². The fraction of sp³-hybridized carbons (Fsp3) is 0.250. The molecule has 0 aromatic heterocycles. The van der Waals surface area contributed by atoms with Crippen molar-refractivity contribution in [3.05, 3.63) is 23.2 Å². The van der Waals surface area contributed by atoms with Crippen LogP contribution in [0.5, 0.6) is 0 Å². The second-order valence-corrected chi connectivity index (χ2v) is 5.27. The summed E-state index contributed by atoms with van der Waals surface area (Å²) in [7, 11) is -3.18. The molecule has 0 radical (unpaired) electrons. The van der Waals surface area contributed by atoms with Gasteiger partial charge in [-0.25, -0.2) is 8.42 Å². The van der Waals surface area contributed by atoms with Gasteiger partial charge < -0.3 is 5.73 Å². The van der Waals surface area contributed by atoms with Crippen LogP contribution in [0.4, 0.5) is 5.69 Å². The molecule has 0 aliphatic heterocycles. The number of benzene rings is 1. The Balaban J connectivity index is 3.27. The summed E-state index contributed by atoms with van der Waals surface area (Å²) >= 11 is 5.65. The van der Waals surface area contributed by atoms with Crippen LogP contribution in [0.2, 0.25) is 5.02 Å². The Labute approximate surface area is 82.4 Å². The summed E-state index contributed by atoms with van der Waals surface area (Å²) in [6, 6.07) is 4.32. The van der Waals surface area contributed by atoms with Gasteiger partial charge in [0.2, 0.25) is 0 Å². The van der Waals surface area contributed by atoms with Gasteiger partial charge in [-0.1, -0.05) is 18.5 Å². The van der Waals surface area contributed by atoms with E-state index in [9.17, 15) is 8.42 Å². The third-order valence-corrected chi connectivity index (χ3v) is 3.78. The molecule has 13 heavy (non-hydrogen) atoms. The molecular weight excluding hydrogens is 210 g/mol. The average molecular weight is 220 g/mol. The number of anilines is 1. The van der Waals surface area contributed by atoms with Crippen LogP contribution in [0.1, 0.15) is 6.92 Å². The first-order chi connectivity index (χ1) is 5.97. The lowest BCUT2D eigenvalue weighted by Gasteiger charge is -2.03. The van der Waals surface area contributed by atoms with E-state index >= 15 is 0 Å². The topological polar surface area (TPSA) is 60.2 Å². The number of rotatable bonds is 2. The summed E-state index contributed by atoms with van der Waals surface area (Å²) in [6.07, 6.45) is 0. The Morgan fingerprint density at radius 3 is 2.54 bits per heavy atom. The third-order valence-electron chi connectivity index (χ3n) is 1.71. The van der Waals surface area contributed by atoms with Crippen molar-refractivity contribution in [2.24, 2.45) is 0 Å². The van der Waals surface area contributed by atoms with Crippen LogP contribution >= 0.6 is 11.6 Å². The zero-order valence-corrected chi connectivity index (χ0v) is 8.69. The number of halogens is 1. The van der Waals surface area contributed by atoms with Crippen LogP contribution in [-0.4, -0.2) is 14.2 Å². The van der Waals surface area contributed by atoms with Crippen molar-refractivity contribution >= 4 is 27.1 Å². The van der Waals surface area contributed by atoms with E-state index in [1.165, 1.54) is 18.2 Å². The van der Waals surface area contributed by atoms with Gasteiger partial charge in [-0.2, -0.15) is 0 Å². The lowest BCUT2D eigenvalue weighted by atomic mass is 10.3. The lowest BCUT2D eigenvalue weighted by Crippen LogP contribution is -2.04. The number of hydrogen-bond donors (Lipinski definition) is 1. The molecule has 0 bridgehead atoms. The first kappa shape index (κ1) is 10.3. The van der Waals surface area contributed by atoms with E-state index in [0.29, 0.717) is 5.02 Å². The third kappa shape index (κ3) is 2.14. The molecule has 0 atom stereocenters. The standard InChI is InChI=1S/C8H10ClNO2S/c1-2-13(11,12)6-3-4-7(9)8(10)5-6/h3-5H,2,10H2,1H3. The van der Waals surface area contributed by atoms with Crippen LogP contribution in [0.25, 0.3) is 0 Å². The van der Waals surface area contributed by atoms with Crippen LogP contribution < -0.4 is 5.73 Å². The van der Waals surface area contributed by atoms with Gasteiger partial charge in [0, 0.05) is 0 Å². The minimum atomic E-state index is -3.18. The maximum atomic E-state index is 11.4. The van der Waals surface area contributed by atoms with Crippen molar-refractivity contribution in [1.82, 2.24) is 0 Å². The van der Waals surface area contributed by atoms with E-state index in [1.54, 1.807) is 6.92 Å². The highest BCUT2D eigenvalue weighted by Gasteiger charge is 2.12. The SMILES string of the molecule is CCS(=O)(=O)c1ccc(Cl)c(N)c1. The highest BCUT2D eigenvalue weighted by atomic mass is 35.5. The van der Waals surface area contributed by atoms with Crippen molar-refractivity contribution < 1.29 is 8.42 Å². The maximum Gasteiger partial charge on any atom is 0.178 e. The molecule has 0 heterocycles. The van der Waals surface area contributed by atoms with Crippen LogP contribution in [0.15, 0.2) is 23.1 Å². The summed E-state index contributed by atoms with van der Waals surface area (Å²) in [5.41, 5.74) is 5.76. The van der Waals surface area contributed by atoms with Crippen molar-refractivity contribution in [3.8, 4) is 0 Å². The molecule has 1 rings (SSSR count). The first-order valence-corrected chi connectivity index (χ1v) is 5.78. The Kier molecular flexibility index (Phi) is 2.83. The van der Waals surface area contributed by atoms with Gasteiger partial charge in [-0.3, -0.25) is 0 Å². The second kappa shape index (κ2) is 3.55. The highest BCUT2D eigenvalue weighted by Crippen LogP contribution is 2.22. The normalized spacial score (nSPS) is 11.5. The zero-order chi connectivity index (χ0) is 10.1. The van der Waals surface area contributed by atoms with Crippen LogP contribution in [-0.2, 0) is 9.84 Å². The van der Waals surface area contributed by atoms with Gasteiger partial charge in [0.1, 0.15) is 0 Å². The maximum absolute atomic E-state index is 11.4. The molecule has 3 nitrogen and oxygen atoms in total. The van der Waals surface area contributed by atoms with Crippen LogP contribution in [0, 0.1) is 0 Å². The molecule has 0 amide bonds. The van der Waals surface area contributed by atoms with Crippen molar-refractivity contribution in [1.29, 1.82) is 0 Å². The van der Waals surface area contributed by atoms with Crippen molar-refractivity contribution in [2.45, 2.75) is 11.8 Å². The predicted molar refractivity (Wildman–Crippen MR) is 53.6 cm³/mol. The molecule has 72 valence electrons. The predicted octanol–water partition coefficient (Wildman–Crippen LogP) is 1.72. The van der Waals surface area contributed by atoms with E-state index in [2.05, 4.69) is 0 Å². The number of hydrogen-bond acceptors (Lipinski definition) is 3. The first-order valence-electron chi connectivity index (χ1n) is 3.75. The second-order valence-electron chi connectivity index (χ2n) is 2.59. The minimum Gasteiger partial charge on any atom is -0.397 e. The summed E-state index contributed by atoms with van der Waals surface area (Å²) in [5, 5.41) is 0.370. The number of sulfone groups is 1. The summed E-state index contributed by atoms with van der Waals surface area (Å²) < 4.78 is 22.7. The molecule has 1 aromatic rings. The van der Waals surface area contributed by atoms with Gasteiger partial charge in [0.05, 0.1) is 21.4 Å². The molecular formula is C8H10ClNO2S. The Hall–Kier alpha value is -0.740. The monoisotopic (exact) mass is 219 g/mol. The van der Waals surface area contributed by atoms with Gasteiger partial charge >= 0.3 is 0 Å². The summed E-state index contributed by atoms with van der Waals surface area (Å²) in [6.45, 7) is 1.58. The van der Waals surface area contributed by atoms with E-state index in [-0.39, 0.29) is 16.3 Å². The molecule has 0 spiro atoms. The Morgan fingerprint density at radius 1 is 1.46 bits per heavy atom.